The molecule has 1 aliphatic heterocycles. The molecule has 3 heterocycles. The Morgan fingerprint density at radius 2 is 2.23 bits per heavy atom. The minimum atomic E-state index is -0.225. The van der Waals surface area contributed by atoms with Crippen LogP contribution < -0.4 is 15.8 Å². The predicted octanol–water partition coefficient (Wildman–Crippen LogP) is 1.95. The molecule has 26 heavy (non-hydrogen) atoms. The number of carbonyl (C=O) groups is 1. The van der Waals surface area contributed by atoms with Gasteiger partial charge >= 0.3 is 0 Å². The molecule has 1 saturated heterocycles. The number of aromatic nitrogens is 3. The fourth-order valence-corrected chi connectivity index (χ4v) is 4.39. The van der Waals surface area contributed by atoms with E-state index in [2.05, 4.69) is 26.5 Å². The number of aromatic amines is 2. The Labute approximate surface area is 154 Å². The smallest absolute Gasteiger partial charge is 0.267 e. The Balaban J connectivity index is 1.42. The molecule has 0 radical (unpaired) electrons. The van der Waals surface area contributed by atoms with Crippen LogP contribution in [-0.4, -0.2) is 40.2 Å². The highest BCUT2D eigenvalue weighted by Crippen LogP contribution is 2.30. The lowest BCUT2D eigenvalue weighted by Gasteiger charge is -2.32. The third-order valence-electron chi connectivity index (χ3n) is 4.77. The van der Waals surface area contributed by atoms with Crippen molar-refractivity contribution in [2.75, 3.05) is 18.0 Å². The van der Waals surface area contributed by atoms with Crippen molar-refractivity contribution in [1.29, 1.82) is 0 Å². The Morgan fingerprint density at radius 1 is 1.38 bits per heavy atom. The van der Waals surface area contributed by atoms with Gasteiger partial charge in [-0.3, -0.25) is 14.7 Å². The van der Waals surface area contributed by atoms with Crippen LogP contribution in [0.2, 0.25) is 0 Å². The third-order valence-corrected chi connectivity index (χ3v) is 5.86. The lowest BCUT2D eigenvalue weighted by atomic mass is 10.1. The average molecular weight is 371 g/mol. The molecule has 1 unspecified atom stereocenters. The number of thiazole rings is 1. The van der Waals surface area contributed by atoms with Crippen LogP contribution in [0.1, 0.15) is 24.1 Å². The third kappa shape index (κ3) is 3.37. The summed E-state index contributed by atoms with van der Waals surface area (Å²) in [5, 5.41) is 9.34. The number of hydrogen-bond donors (Lipinski definition) is 3. The van der Waals surface area contributed by atoms with Gasteiger partial charge in [0.25, 0.3) is 5.56 Å². The Kier molecular flexibility index (Phi) is 4.50. The topological polar surface area (TPSA) is 93.9 Å². The van der Waals surface area contributed by atoms with Crippen molar-refractivity contribution in [2.24, 2.45) is 0 Å². The van der Waals surface area contributed by atoms with E-state index in [1.807, 2.05) is 18.2 Å². The first-order valence-corrected chi connectivity index (χ1v) is 9.58. The maximum atomic E-state index is 12.4. The second-order valence-electron chi connectivity index (χ2n) is 6.68. The lowest BCUT2D eigenvalue weighted by Crippen LogP contribution is -2.48. The van der Waals surface area contributed by atoms with E-state index in [0.717, 1.165) is 36.6 Å². The van der Waals surface area contributed by atoms with Crippen LogP contribution in [0.25, 0.3) is 10.2 Å². The SMILES string of the molecule is Cc1[nH][nH]c(=O)c1CC(=O)NC1CCCN(c2nc3ccccc3s2)C1. The summed E-state index contributed by atoms with van der Waals surface area (Å²) in [6, 6.07) is 8.19. The van der Waals surface area contributed by atoms with Gasteiger partial charge in [0.15, 0.2) is 5.13 Å². The number of H-pyrrole nitrogens is 2. The fourth-order valence-electron chi connectivity index (χ4n) is 3.39. The van der Waals surface area contributed by atoms with Gasteiger partial charge in [0, 0.05) is 30.4 Å². The van der Waals surface area contributed by atoms with Crippen LogP contribution in [0.15, 0.2) is 29.1 Å². The summed E-state index contributed by atoms with van der Waals surface area (Å²) in [5.74, 6) is -0.116. The summed E-state index contributed by atoms with van der Waals surface area (Å²) in [5.41, 5.74) is 2.00. The minimum absolute atomic E-state index is 0.0709. The molecular weight excluding hydrogens is 350 g/mol. The molecule has 3 N–H and O–H groups in total. The largest absolute Gasteiger partial charge is 0.351 e. The first-order chi connectivity index (χ1) is 12.6. The molecule has 0 spiro atoms. The number of carbonyl (C=O) groups excluding carboxylic acids is 1. The van der Waals surface area contributed by atoms with Crippen molar-refractivity contribution in [3.05, 3.63) is 45.9 Å². The monoisotopic (exact) mass is 371 g/mol. The molecule has 2 aromatic heterocycles. The molecule has 1 aromatic carbocycles. The van der Waals surface area contributed by atoms with Crippen molar-refractivity contribution >= 4 is 32.6 Å². The zero-order valence-electron chi connectivity index (χ0n) is 14.5. The molecule has 3 aromatic rings. The van der Waals surface area contributed by atoms with Crippen molar-refractivity contribution in [3.63, 3.8) is 0 Å². The summed E-state index contributed by atoms with van der Waals surface area (Å²) in [6.07, 6.45) is 2.04. The quantitative estimate of drug-likeness (QED) is 0.653. The van der Waals surface area contributed by atoms with Gasteiger partial charge in [-0.15, -0.1) is 0 Å². The molecule has 1 aliphatic rings. The fraction of sp³-hybridized carbons (Fsp3) is 0.389. The summed E-state index contributed by atoms with van der Waals surface area (Å²) in [6.45, 7) is 3.48. The van der Waals surface area contributed by atoms with E-state index in [1.165, 1.54) is 4.70 Å². The molecule has 0 aliphatic carbocycles. The van der Waals surface area contributed by atoms with E-state index in [1.54, 1.807) is 18.3 Å². The molecule has 1 amide bonds. The van der Waals surface area contributed by atoms with Gasteiger partial charge in [0.2, 0.25) is 5.91 Å². The normalized spacial score (nSPS) is 17.6. The highest BCUT2D eigenvalue weighted by Gasteiger charge is 2.24. The van der Waals surface area contributed by atoms with E-state index in [-0.39, 0.29) is 23.9 Å². The number of piperidine rings is 1. The first kappa shape index (κ1) is 16.8. The summed E-state index contributed by atoms with van der Waals surface area (Å²) >= 11 is 1.68. The van der Waals surface area contributed by atoms with Gasteiger partial charge in [0.1, 0.15) is 0 Å². The number of benzene rings is 1. The van der Waals surface area contributed by atoms with Crippen LogP contribution >= 0.6 is 11.3 Å². The number of nitrogens with one attached hydrogen (secondary N) is 3. The van der Waals surface area contributed by atoms with E-state index < -0.39 is 0 Å². The van der Waals surface area contributed by atoms with Crippen molar-refractivity contribution < 1.29 is 4.79 Å². The van der Waals surface area contributed by atoms with Gasteiger partial charge in [-0.05, 0) is 31.9 Å². The molecule has 1 atom stereocenters. The predicted molar refractivity (Wildman–Crippen MR) is 103 cm³/mol. The van der Waals surface area contributed by atoms with Crippen LogP contribution in [0.4, 0.5) is 5.13 Å². The number of anilines is 1. The number of rotatable bonds is 4. The molecular formula is C18H21N5O2S. The van der Waals surface area contributed by atoms with Crippen LogP contribution in [-0.2, 0) is 11.2 Å². The standard InChI is InChI=1S/C18H21N5O2S/c1-11-13(17(25)22-21-11)9-16(24)19-12-5-4-8-23(10-12)18-20-14-6-2-3-7-15(14)26-18/h2-3,6-7,12H,4-5,8-10H2,1H3,(H,19,24)(H2,21,22,25). The van der Waals surface area contributed by atoms with Gasteiger partial charge in [-0.2, -0.15) is 0 Å². The number of para-hydroxylation sites is 1. The van der Waals surface area contributed by atoms with E-state index in [0.29, 0.717) is 11.3 Å². The average Bonchev–Trinajstić information content (AvgIpc) is 3.20. The summed E-state index contributed by atoms with van der Waals surface area (Å²) in [4.78, 5) is 31.0. The Bertz CT molecular complexity index is 956. The number of hydrogen-bond acceptors (Lipinski definition) is 5. The minimum Gasteiger partial charge on any atom is -0.351 e. The van der Waals surface area contributed by atoms with Gasteiger partial charge in [-0.1, -0.05) is 23.5 Å². The highest BCUT2D eigenvalue weighted by molar-refractivity contribution is 7.22. The summed E-state index contributed by atoms with van der Waals surface area (Å²) < 4.78 is 1.18. The van der Waals surface area contributed by atoms with E-state index >= 15 is 0 Å². The van der Waals surface area contributed by atoms with Gasteiger partial charge in [0.05, 0.1) is 16.6 Å². The first-order valence-electron chi connectivity index (χ1n) is 8.76. The maximum Gasteiger partial charge on any atom is 0.267 e. The number of aryl methyl sites for hydroxylation is 1. The maximum absolute atomic E-state index is 12.4. The van der Waals surface area contributed by atoms with Crippen LogP contribution in [0.5, 0.6) is 0 Å². The Hall–Kier alpha value is -2.61. The second kappa shape index (κ2) is 6.95. The highest BCUT2D eigenvalue weighted by atomic mass is 32.1. The molecule has 0 saturated carbocycles. The lowest BCUT2D eigenvalue weighted by molar-refractivity contribution is -0.121. The number of amides is 1. The second-order valence-corrected chi connectivity index (χ2v) is 7.69. The zero-order chi connectivity index (χ0) is 18.1. The van der Waals surface area contributed by atoms with Crippen molar-refractivity contribution in [2.45, 2.75) is 32.2 Å². The number of fused-ring (bicyclic) bond motifs is 1. The van der Waals surface area contributed by atoms with Gasteiger partial charge in [-0.25, -0.2) is 4.98 Å². The number of nitrogens with zero attached hydrogens (tertiary/aromatic N) is 2. The molecule has 7 nitrogen and oxygen atoms in total. The molecule has 1 fully saturated rings. The molecule has 0 bridgehead atoms. The molecule has 4 rings (SSSR count). The molecule has 136 valence electrons. The molecule has 8 heteroatoms. The zero-order valence-corrected chi connectivity index (χ0v) is 15.4. The Morgan fingerprint density at radius 3 is 3.00 bits per heavy atom. The summed E-state index contributed by atoms with van der Waals surface area (Å²) in [7, 11) is 0. The van der Waals surface area contributed by atoms with Crippen LogP contribution in [0, 0.1) is 6.92 Å². The van der Waals surface area contributed by atoms with E-state index in [4.69, 9.17) is 4.98 Å². The van der Waals surface area contributed by atoms with Crippen LogP contribution in [0.3, 0.4) is 0 Å². The van der Waals surface area contributed by atoms with Gasteiger partial charge < -0.3 is 15.3 Å². The van der Waals surface area contributed by atoms with E-state index in [9.17, 15) is 9.59 Å². The van der Waals surface area contributed by atoms with Crippen molar-refractivity contribution in [3.8, 4) is 0 Å². The van der Waals surface area contributed by atoms with Crippen molar-refractivity contribution in [1.82, 2.24) is 20.5 Å².